The summed E-state index contributed by atoms with van der Waals surface area (Å²) in [6.07, 6.45) is 3.64. The van der Waals surface area contributed by atoms with E-state index >= 15 is 4.39 Å². The van der Waals surface area contributed by atoms with Gasteiger partial charge in [-0.25, -0.2) is 8.78 Å². The lowest BCUT2D eigenvalue weighted by molar-refractivity contribution is -0.160. The van der Waals surface area contributed by atoms with Gasteiger partial charge in [0.05, 0.1) is 30.8 Å². The quantitative estimate of drug-likeness (QED) is 0.255. The van der Waals surface area contributed by atoms with Gasteiger partial charge in [0.15, 0.2) is 0 Å². The van der Waals surface area contributed by atoms with Crippen molar-refractivity contribution in [1.82, 2.24) is 25.3 Å². The van der Waals surface area contributed by atoms with Gasteiger partial charge in [0, 0.05) is 63.3 Å². The molecule has 7 unspecified atom stereocenters. The van der Waals surface area contributed by atoms with Crippen LogP contribution in [0.2, 0.25) is 0 Å². The summed E-state index contributed by atoms with van der Waals surface area (Å²) in [4.78, 5) is 33.0. The molecule has 5 rings (SSSR count). The first kappa shape index (κ1) is 32.0. The van der Waals surface area contributed by atoms with Gasteiger partial charge in [-0.15, -0.1) is 0 Å². The summed E-state index contributed by atoms with van der Waals surface area (Å²) in [5.41, 5.74) is 12.4. The monoisotopic (exact) mass is 597 g/mol. The number of methoxy groups -OCH3 is 1. The van der Waals surface area contributed by atoms with E-state index in [1.54, 1.807) is 7.11 Å². The fourth-order valence-corrected chi connectivity index (χ4v) is 8.53. The highest BCUT2D eigenvalue weighted by Crippen LogP contribution is 2.50. The molecule has 5 saturated heterocycles. The normalized spacial score (nSPS) is 35.8. The number of alkyl halides is 2. The Morgan fingerprint density at radius 3 is 2.52 bits per heavy atom. The number of nitrogens with zero attached hydrogens (tertiary/aromatic N) is 3. The zero-order valence-electron chi connectivity index (χ0n) is 25.5. The fourth-order valence-electron chi connectivity index (χ4n) is 8.53. The van der Waals surface area contributed by atoms with E-state index in [9.17, 15) is 14.0 Å². The molecule has 7 atom stereocenters. The largest absolute Gasteiger partial charge is 0.384 e. The lowest BCUT2D eigenvalue weighted by atomic mass is 9.65. The van der Waals surface area contributed by atoms with Gasteiger partial charge in [-0.1, -0.05) is 19.8 Å². The van der Waals surface area contributed by atoms with Crippen LogP contribution in [0, 0.1) is 17.8 Å². The van der Waals surface area contributed by atoms with E-state index in [0.29, 0.717) is 58.0 Å². The Morgan fingerprint density at radius 2 is 1.86 bits per heavy atom. The van der Waals surface area contributed by atoms with Crippen LogP contribution < -0.4 is 22.1 Å². The van der Waals surface area contributed by atoms with Gasteiger partial charge in [-0.05, 0) is 51.6 Å². The number of piperidine rings is 3. The average Bonchev–Trinajstić information content (AvgIpc) is 2.93. The molecule has 5 aliphatic rings. The number of rotatable bonds is 11. The summed E-state index contributed by atoms with van der Waals surface area (Å²) < 4.78 is 35.2. The second-order valence-corrected chi connectivity index (χ2v) is 13.6. The Labute approximate surface area is 249 Å². The summed E-state index contributed by atoms with van der Waals surface area (Å²) in [7, 11) is 1.68. The number of ether oxygens (including phenoxy) is 1. The molecule has 10 nitrogen and oxygen atoms in total. The Kier molecular flexibility index (Phi) is 10.4. The Balaban J connectivity index is 1.20. The number of hydrogen-bond acceptors (Lipinski definition) is 8. The molecular weight excluding hydrogens is 544 g/mol. The van der Waals surface area contributed by atoms with Crippen LogP contribution in [0.3, 0.4) is 0 Å². The number of nitrogens with two attached hydrogens (primary N) is 2. The number of halogens is 2. The molecule has 5 fully saturated rings. The van der Waals surface area contributed by atoms with Crippen LogP contribution in [0.1, 0.15) is 58.3 Å². The van der Waals surface area contributed by atoms with Crippen molar-refractivity contribution in [3.05, 3.63) is 0 Å². The summed E-state index contributed by atoms with van der Waals surface area (Å²) in [5, 5.41) is 6.25. The summed E-state index contributed by atoms with van der Waals surface area (Å²) in [5.74, 6) is -0.422. The first-order chi connectivity index (χ1) is 20.2. The van der Waals surface area contributed by atoms with Crippen LogP contribution in [0.5, 0.6) is 0 Å². The van der Waals surface area contributed by atoms with Crippen LogP contribution >= 0.6 is 0 Å². The van der Waals surface area contributed by atoms with Crippen molar-refractivity contribution in [2.45, 2.75) is 100 Å². The molecule has 0 radical (unpaired) electrons. The van der Waals surface area contributed by atoms with Gasteiger partial charge >= 0.3 is 0 Å². The van der Waals surface area contributed by atoms with Crippen LogP contribution in [-0.4, -0.2) is 128 Å². The Morgan fingerprint density at radius 1 is 1.12 bits per heavy atom. The number of carbonyl (C=O) groups is 2. The van der Waals surface area contributed by atoms with Gasteiger partial charge in [0.1, 0.15) is 12.3 Å². The first-order valence-electron chi connectivity index (χ1n) is 16.3. The highest BCUT2D eigenvalue weighted by molar-refractivity contribution is 5.81. The molecule has 0 saturated carbocycles. The molecule has 2 amide bonds. The smallest absolute Gasteiger partial charge is 0.227 e. The number of amides is 2. The molecule has 0 aromatic carbocycles. The van der Waals surface area contributed by atoms with Crippen LogP contribution in [0.25, 0.3) is 0 Å². The minimum absolute atomic E-state index is 0.0485. The maximum atomic E-state index is 15.5. The van der Waals surface area contributed by atoms with Crippen molar-refractivity contribution in [1.29, 1.82) is 0 Å². The van der Waals surface area contributed by atoms with Gasteiger partial charge < -0.3 is 31.7 Å². The van der Waals surface area contributed by atoms with Crippen LogP contribution in [0.15, 0.2) is 0 Å². The third kappa shape index (κ3) is 6.49. The SMILES string of the molecule is CCCCC12CCC(F)CN1C(C(C(=O)NC1CNCC(F)C1N1CCC(C(=O)N3CC(COC)C3)CC1)C(N)N)C2. The summed E-state index contributed by atoms with van der Waals surface area (Å²) in [6.45, 7) is 6.51. The minimum Gasteiger partial charge on any atom is -0.384 e. The van der Waals surface area contributed by atoms with Crippen molar-refractivity contribution in [2.75, 3.05) is 59.5 Å². The van der Waals surface area contributed by atoms with Crippen molar-refractivity contribution in [3.8, 4) is 0 Å². The predicted molar refractivity (Wildman–Crippen MR) is 157 cm³/mol. The molecule has 6 N–H and O–H groups in total. The zero-order chi connectivity index (χ0) is 30.0. The van der Waals surface area contributed by atoms with E-state index in [1.807, 2.05) is 4.90 Å². The Bertz CT molecular complexity index is 929. The number of fused-ring (bicyclic) bond motifs is 1. The third-order valence-corrected chi connectivity index (χ3v) is 10.8. The topological polar surface area (TPSA) is 129 Å². The van der Waals surface area contributed by atoms with E-state index in [1.165, 1.54) is 0 Å². The first-order valence-corrected chi connectivity index (χ1v) is 16.3. The molecule has 12 heteroatoms. The van der Waals surface area contributed by atoms with E-state index in [2.05, 4.69) is 27.4 Å². The molecule has 240 valence electrons. The Hall–Kier alpha value is -1.44. The predicted octanol–water partition coefficient (Wildman–Crippen LogP) is 0.593. The van der Waals surface area contributed by atoms with Gasteiger partial charge in [0.2, 0.25) is 11.8 Å². The number of carbonyl (C=O) groups excluding carboxylic acids is 2. The zero-order valence-corrected chi connectivity index (χ0v) is 25.5. The molecule has 5 aliphatic heterocycles. The molecule has 5 heterocycles. The lowest BCUT2D eigenvalue weighted by Gasteiger charge is -2.64. The second-order valence-electron chi connectivity index (χ2n) is 13.6. The summed E-state index contributed by atoms with van der Waals surface area (Å²) >= 11 is 0. The number of hydrogen-bond donors (Lipinski definition) is 4. The molecule has 0 spiro atoms. The van der Waals surface area contributed by atoms with E-state index in [-0.39, 0.29) is 35.9 Å². The maximum Gasteiger partial charge on any atom is 0.227 e. The average molecular weight is 598 g/mol. The molecule has 0 aromatic heterocycles. The van der Waals surface area contributed by atoms with Crippen molar-refractivity contribution >= 4 is 11.8 Å². The number of likely N-dealkylation sites (tertiary alicyclic amines) is 2. The third-order valence-electron chi connectivity index (χ3n) is 10.8. The molecular formula is C30H53F2N7O3. The molecule has 0 aromatic rings. The highest BCUT2D eigenvalue weighted by atomic mass is 19.1. The van der Waals surface area contributed by atoms with Gasteiger partial charge in [-0.2, -0.15) is 0 Å². The van der Waals surface area contributed by atoms with Crippen molar-refractivity contribution in [2.24, 2.45) is 29.2 Å². The van der Waals surface area contributed by atoms with Crippen molar-refractivity contribution in [3.63, 3.8) is 0 Å². The number of nitrogens with one attached hydrogen (secondary N) is 2. The maximum absolute atomic E-state index is 15.5. The molecule has 0 aliphatic carbocycles. The van der Waals surface area contributed by atoms with Crippen molar-refractivity contribution < 1.29 is 23.1 Å². The van der Waals surface area contributed by atoms with Gasteiger partial charge in [-0.3, -0.25) is 19.4 Å². The van der Waals surface area contributed by atoms with E-state index < -0.39 is 36.5 Å². The van der Waals surface area contributed by atoms with E-state index in [0.717, 1.165) is 45.2 Å². The second kappa shape index (κ2) is 13.7. The molecule has 0 bridgehead atoms. The number of unbranched alkanes of at least 4 members (excludes halogenated alkanes) is 1. The fraction of sp³-hybridized carbons (Fsp3) is 0.933. The highest BCUT2D eigenvalue weighted by Gasteiger charge is 2.58. The standard InChI is InChI=1S/C30H53F2N7O3/c1-3-4-8-30-9-5-21(31)17-39(30)24(12-30)25(27(33)34)28(40)36-23-14-35-13-22(32)26(23)37-10-6-20(7-11-37)29(41)38-15-19(16-38)18-42-2/h19-27,35H,3-18,33-34H2,1-2H3,(H,36,40). The molecule has 42 heavy (non-hydrogen) atoms. The minimum atomic E-state index is -1.16. The van der Waals surface area contributed by atoms with Gasteiger partial charge in [0.25, 0.3) is 0 Å². The van der Waals surface area contributed by atoms with E-state index in [4.69, 9.17) is 16.2 Å². The van der Waals surface area contributed by atoms with Crippen LogP contribution in [0.4, 0.5) is 8.78 Å². The lowest BCUT2D eigenvalue weighted by Crippen LogP contribution is -2.75. The summed E-state index contributed by atoms with van der Waals surface area (Å²) in [6, 6.07) is -1.17. The van der Waals surface area contributed by atoms with Crippen LogP contribution in [-0.2, 0) is 14.3 Å².